The molecule has 0 spiro atoms. The molecular formula is C7H12N2OS2. The van der Waals surface area contributed by atoms with Crippen LogP contribution in [-0.4, -0.2) is 22.9 Å². The van der Waals surface area contributed by atoms with E-state index in [9.17, 15) is 5.11 Å². The van der Waals surface area contributed by atoms with Crippen LogP contribution in [0.3, 0.4) is 0 Å². The van der Waals surface area contributed by atoms with Crippen molar-refractivity contribution in [3.63, 3.8) is 0 Å². The van der Waals surface area contributed by atoms with E-state index in [1.54, 1.807) is 18.0 Å². The summed E-state index contributed by atoms with van der Waals surface area (Å²) < 4.78 is 0.987. The van der Waals surface area contributed by atoms with Gasteiger partial charge < -0.3 is 10.8 Å². The lowest BCUT2D eigenvalue weighted by atomic mass is 10.2. The summed E-state index contributed by atoms with van der Waals surface area (Å²) in [4.78, 5) is 5.03. The van der Waals surface area contributed by atoms with Crippen molar-refractivity contribution < 1.29 is 5.11 Å². The second-order valence-corrected chi connectivity index (χ2v) is 4.44. The van der Waals surface area contributed by atoms with Gasteiger partial charge in [0.25, 0.3) is 0 Å². The largest absolute Gasteiger partial charge is 0.387 e. The van der Waals surface area contributed by atoms with Crippen LogP contribution in [-0.2, 0) is 0 Å². The standard InChI is InChI=1S/C7H12N2OS2/c1-11-7-9-4-6(12-7)5(10)2-3-8/h4-5,10H,2-3,8H2,1H3. The molecule has 1 rings (SSSR count). The van der Waals surface area contributed by atoms with Gasteiger partial charge in [-0.25, -0.2) is 4.98 Å². The van der Waals surface area contributed by atoms with Gasteiger partial charge in [-0.15, -0.1) is 11.3 Å². The van der Waals surface area contributed by atoms with Gasteiger partial charge in [0.05, 0.1) is 11.0 Å². The molecule has 0 aliphatic heterocycles. The van der Waals surface area contributed by atoms with E-state index in [2.05, 4.69) is 4.98 Å². The van der Waals surface area contributed by atoms with Gasteiger partial charge in [-0.2, -0.15) is 0 Å². The Morgan fingerprint density at radius 2 is 2.58 bits per heavy atom. The van der Waals surface area contributed by atoms with E-state index in [0.29, 0.717) is 13.0 Å². The Morgan fingerprint density at radius 1 is 1.83 bits per heavy atom. The highest BCUT2D eigenvalue weighted by molar-refractivity contribution is 8.00. The Bertz CT molecular complexity index is 239. The van der Waals surface area contributed by atoms with Crippen molar-refractivity contribution in [1.82, 2.24) is 4.98 Å². The molecule has 12 heavy (non-hydrogen) atoms. The summed E-state index contributed by atoms with van der Waals surface area (Å²) in [5.41, 5.74) is 5.33. The molecule has 1 aromatic rings. The molecule has 0 aliphatic rings. The average Bonchev–Trinajstić information content (AvgIpc) is 2.52. The third kappa shape index (κ3) is 2.45. The van der Waals surface area contributed by atoms with Gasteiger partial charge in [-0.3, -0.25) is 0 Å². The third-order valence-corrected chi connectivity index (χ3v) is 3.54. The van der Waals surface area contributed by atoms with Gasteiger partial charge >= 0.3 is 0 Å². The minimum absolute atomic E-state index is 0.437. The second kappa shape index (κ2) is 4.81. The first-order chi connectivity index (χ1) is 5.77. The molecule has 3 N–H and O–H groups in total. The molecule has 1 unspecified atom stereocenters. The number of thiazole rings is 1. The number of hydrogen-bond acceptors (Lipinski definition) is 5. The molecule has 1 heterocycles. The number of aliphatic hydroxyl groups is 1. The average molecular weight is 204 g/mol. The number of nitrogens with two attached hydrogens (primary N) is 1. The molecule has 0 amide bonds. The van der Waals surface area contributed by atoms with Crippen molar-refractivity contribution in [3.8, 4) is 0 Å². The van der Waals surface area contributed by atoms with E-state index in [1.807, 2.05) is 6.26 Å². The minimum atomic E-state index is -0.437. The van der Waals surface area contributed by atoms with E-state index in [0.717, 1.165) is 9.22 Å². The molecule has 68 valence electrons. The summed E-state index contributed by atoms with van der Waals surface area (Å²) in [6.45, 7) is 0.508. The summed E-state index contributed by atoms with van der Waals surface area (Å²) in [5.74, 6) is 0. The molecule has 0 bridgehead atoms. The van der Waals surface area contributed by atoms with Crippen LogP contribution in [0, 0.1) is 0 Å². The fraction of sp³-hybridized carbons (Fsp3) is 0.571. The maximum absolute atomic E-state index is 9.51. The van der Waals surface area contributed by atoms with Crippen LogP contribution in [0.25, 0.3) is 0 Å². The zero-order valence-corrected chi connectivity index (χ0v) is 8.49. The Balaban J connectivity index is 2.61. The van der Waals surface area contributed by atoms with Gasteiger partial charge in [0.2, 0.25) is 0 Å². The van der Waals surface area contributed by atoms with Gasteiger partial charge in [0.1, 0.15) is 4.34 Å². The normalized spacial score (nSPS) is 13.2. The van der Waals surface area contributed by atoms with Crippen LogP contribution in [0.15, 0.2) is 10.5 Å². The van der Waals surface area contributed by atoms with Crippen LogP contribution < -0.4 is 5.73 Å². The van der Waals surface area contributed by atoms with Crippen LogP contribution in [0.5, 0.6) is 0 Å². The first kappa shape index (κ1) is 9.98. The van der Waals surface area contributed by atoms with E-state index >= 15 is 0 Å². The lowest BCUT2D eigenvalue weighted by molar-refractivity contribution is 0.174. The number of rotatable bonds is 4. The van der Waals surface area contributed by atoms with Crippen molar-refractivity contribution in [2.45, 2.75) is 16.9 Å². The van der Waals surface area contributed by atoms with E-state index in [4.69, 9.17) is 5.73 Å². The minimum Gasteiger partial charge on any atom is -0.387 e. The number of aromatic nitrogens is 1. The Kier molecular flexibility index (Phi) is 4.00. The summed E-state index contributed by atoms with van der Waals surface area (Å²) in [5, 5.41) is 9.51. The van der Waals surface area contributed by atoms with Gasteiger partial charge in [0, 0.05) is 6.20 Å². The molecule has 3 nitrogen and oxygen atoms in total. The first-order valence-corrected chi connectivity index (χ1v) is 5.70. The van der Waals surface area contributed by atoms with Crippen molar-refractivity contribution in [2.24, 2.45) is 5.73 Å². The lowest BCUT2D eigenvalue weighted by Crippen LogP contribution is -2.05. The smallest absolute Gasteiger partial charge is 0.149 e. The fourth-order valence-corrected chi connectivity index (χ4v) is 2.26. The highest BCUT2D eigenvalue weighted by Gasteiger charge is 2.09. The summed E-state index contributed by atoms with van der Waals surface area (Å²) in [7, 11) is 0. The van der Waals surface area contributed by atoms with Crippen molar-refractivity contribution in [3.05, 3.63) is 11.1 Å². The molecule has 0 radical (unpaired) electrons. The number of hydrogen-bond donors (Lipinski definition) is 2. The number of nitrogens with zero attached hydrogens (tertiary/aromatic N) is 1. The van der Waals surface area contributed by atoms with Gasteiger partial charge in [0.15, 0.2) is 0 Å². The van der Waals surface area contributed by atoms with Crippen molar-refractivity contribution in [1.29, 1.82) is 0 Å². The summed E-state index contributed by atoms with van der Waals surface area (Å²) >= 11 is 3.12. The molecule has 5 heteroatoms. The topological polar surface area (TPSA) is 59.1 Å². The predicted octanol–water partition coefficient (Wildman–Crippen LogP) is 1.25. The van der Waals surface area contributed by atoms with Crippen LogP contribution >= 0.6 is 23.1 Å². The maximum Gasteiger partial charge on any atom is 0.149 e. The zero-order valence-electron chi connectivity index (χ0n) is 6.86. The number of thioether (sulfide) groups is 1. The van der Waals surface area contributed by atoms with E-state index in [1.165, 1.54) is 11.3 Å². The molecule has 0 aromatic carbocycles. The van der Waals surface area contributed by atoms with E-state index in [-0.39, 0.29) is 0 Å². The van der Waals surface area contributed by atoms with Crippen LogP contribution in [0.4, 0.5) is 0 Å². The highest BCUT2D eigenvalue weighted by Crippen LogP contribution is 2.27. The highest BCUT2D eigenvalue weighted by atomic mass is 32.2. The molecule has 0 saturated heterocycles. The van der Waals surface area contributed by atoms with Gasteiger partial charge in [-0.05, 0) is 19.2 Å². The monoisotopic (exact) mass is 204 g/mol. The maximum atomic E-state index is 9.51. The van der Waals surface area contributed by atoms with Crippen LogP contribution in [0.2, 0.25) is 0 Å². The van der Waals surface area contributed by atoms with Crippen molar-refractivity contribution >= 4 is 23.1 Å². The SMILES string of the molecule is CSc1ncc(C(O)CCN)s1. The second-order valence-electron chi connectivity index (χ2n) is 2.33. The van der Waals surface area contributed by atoms with Crippen LogP contribution in [0.1, 0.15) is 17.4 Å². The fourth-order valence-electron chi connectivity index (χ4n) is 0.818. The molecular weight excluding hydrogens is 192 g/mol. The Labute approximate surface area is 80.0 Å². The molecule has 0 saturated carbocycles. The van der Waals surface area contributed by atoms with Gasteiger partial charge in [-0.1, -0.05) is 11.8 Å². The quantitative estimate of drug-likeness (QED) is 0.725. The van der Waals surface area contributed by atoms with E-state index < -0.39 is 6.10 Å². The Hall–Kier alpha value is -0.100. The summed E-state index contributed by atoms with van der Waals surface area (Å²) in [6.07, 6.45) is 3.86. The molecule has 0 fully saturated rings. The lowest BCUT2D eigenvalue weighted by Gasteiger charge is -2.03. The molecule has 1 aromatic heterocycles. The Morgan fingerprint density at radius 3 is 3.08 bits per heavy atom. The summed E-state index contributed by atoms with van der Waals surface area (Å²) in [6, 6.07) is 0. The number of aliphatic hydroxyl groups excluding tert-OH is 1. The molecule has 1 atom stereocenters. The first-order valence-electron chi connectivity index (χ1n) is 3.65. The molecule has 0 aliphatic carbocycles. The van der Waals surface area contributed by atoms with Crippen molar-refractivity contribution in [2.75, 3.05) is 12.8 Å². The zero-order chi connectivity index (χ0) is 8.97. The third-order valence-electron chi connectivity index (χ3n) is 1.45. The predicted molar refractivity (Wildman–Crippen MR) is 52.5 cm³/mol.